The van der Waals surface area contributed by atoms with Gasteiger partial charge in [0.25, 0.3) is 0 Å². The zero-order valence-electron chi connectivity index (χ0n) is 11.1. The van der Waals surface area contributed by atoms with Gasteiger partial charge < -0.3 is 0 Å². The second-order valence-corrected chi connectivity index (χ2v) is 3.21. The van der Waals surface area contributed by atoms with Crippen molar-refractivity contribution in [3.05, 3.63) is 73.2 Å². The highest BCUT2D eigenvalue weighted by molar-refractivity contribution is 6.16. The van der Waals surface area contributed by atoms with Crippen LogP contribution < -0.4 is 0 Å². The van der Waals surface area contributed by atoms with Crippen LogP contribution in [0.25, 0.3) is 0 Å². The van der Waals surface area contributed by atoms with E-state index < -0.39 is 0 Å². The van der Waals surface area contributed by atoms with E-state index in [1.807, 2.05) is 50.3 Å². The molecule has 0 N–H and O–H groups in total. The first-order valence-corrected chi connectivity index (χ1v) is 5.76. The average Bonchev–Trinajstić information content (AvgIpc) is 2.35. The Morgan fingerprint density at radius 2 is 1.17 bits per heavy atom. The van der Waals surface area contributed by atoms with Gasteiger partial charge in [0.05, 0.1) is 11.4 Å². The molecule has 0 fully saturated rings. The number of rotatable bonds is 7. The van der Waals surface area contributed by atoms with E-state index in [9.17, 15) is 0 Å². The van der Waals surface area contributed by atoms with Crippen molar-refractivity contribution < 1.29 is 0 Å². The summed E-state index contributed by atoms with van der Waals surface area (Å²) < 4.78 is 0. The van der Waals surface area contributed by atoms with E-state index in [1.165, 1.54) is 0 Å². The molecule has 0 amide bonds. The van der Waals surface area contributed by atoms with Crippen molar-refractivity contribution in [2.45, 2.75) is 13.8 Å². The lowest BCUT2D eigenvalue weighted by Crippen LogP contribution is -1.80. The highest BCUT2D eigenvalue weighted by Crippen LogP contribution is 1.99. The molecule has 2 heteroatoms. The number of allylic oxidation sites excluding steroid dienone is 8. The lowest BCUT2D eigenvalue weighted by atomic mass is 10.3. The predicted molar refractivity (Wildman–Crippen MR) is 83.2 cm³/mol. The van der Waals surface area contributed by atoms with Crippen molar-refractivity contribution >= 4 is 12.4 Å². The fourth-order valence-corrected chi connectivity index (χ4v) is 1.11. The van der Waals surface area contributed by atoms with Crippen molar-refractivity contribution in [3.8, 4) is 0 Å². The third kappa shape index (κ3) is 7.99. The molecule has 0 atom stereocenters. The van der Waals surface area contributed by atoms with Crippen LogP contribution in [-0.4, -0.2) is 12.4 Å². The summed E-state index contributed by atoms with van der Waals surface area (Å²) in [6.07, 6.45) is 18.0. The summed E-state index contributed by atoms with van der Waals surface area (Å²) in [5, 5.41) is 0. The average molecular weight is 240 g/mol. The number of hydrogen-bond donors (Lipinski definition) is 0. The Balaban J connectivity index is 4.71. The summed E-state index contributed by atoms with van der Waals surface area (Å²) in [6, 6.07) is 0. The summed E-state index contributed by atoms with van der Waals surface area (Å²) in [7, 11) is 0. The fourth-order valence-electron chi connectivity index (χ4n) is 1.11. The standard InChI is InChI=1S/C16H20N2/c1-5-9-15(10-6-2)17-13-14-18-16(11-7-3)12-8-4/h5-14H,1,3H2,2,4H3/b10-6-,12-8-,15-9+,16-11+,17-13-,18-14+. The molecule has 0 saturated heterocycles. The number of nitrogens with zero attached hydrogens (tertiary/aromatic N) is 2. The summed E-state index contributed by atoms with van der Waals surface area (Å²) >= 11 is 0. The summed E-state index contributed by atoms with van der Waals surface area (Å²) in [5.74, 6) is 0. The van der Waals surface area contributed by atoms with Crippen molar-refractivity contribution in [2.75, 3.05) is 0 Å². The fraction of sp³-hybridized carbons (Fsp3) is 0.125. The Hall–Kier alpha value is -2.22. The summed E-state index contributed by atoms with van der Waals surface area (Å²) in [5.41, 5.74) is 1.67. The van der Waals surface area contributed by atoms with Crippen LogP contribution in [0.15, 0.2) is 83.1 Å². The van der Waals surface area contributed by atoms with Crippen LogP contribution in [0, 0.1) is 0 Å². The van der Waals surface area contributed by atoms with Gasteiger partial charge in [-0.2, -0.15) is 0 Å². The van der Waals surface area contributed by atoms with Gasteiger partial charge in [0.1, 0.15) is 0 Å². The van der Waals surface area contributed by atoms with E-state index in [-0.39, 0.29) is 0 Å². The van der Waals surface area contributed by atoms with Crippen LogP contribution in [0.3, 0.4) is 0 Å². The van der Waals surface area contributed by atoms with Crippen molar-refractivity contribution in [1.82, 2.24) is 0 Å². The zero-order chi connectivity index (χ0) is 13.6. The molecule has 0 bridgehead atoms. The van der Waals surface area contributed by atoms with Gasteiger partial charge in [0.2, 0.25) is 0 Å². The van der Waals surface area contributed by atoms with Crippen LogP contribution >= 0.6 is 0 Å². The molecule has 0 spiro atoms. The molecule has 2 nitrogen and oxygen atoms in total. The lowest BCUT2D eigenvalue weighted by molar-refractivity contribution is 1.40. The van der Waals surface area contributed by atoms with E-state index in [0.717, 1.165) is 11.4 Å². The molecule has 0 aromatic carbocycles. The van der Waals surface area contributed by atoms with Crippen molar-refractivity contribution in [1.29, 1.82) is 0 Å². The smallest absolute Gasteiger partial charge is 0.0626 e. The Labute approximate surface area is 110 Å². The van der Waals surface area contributed by atoms with Crippen LogP contribution in [0.5, 0.6) is 0 Å². The molecule has 18 heavy (non-hydrogen) atoms. The molecular formula is C16H20N2. The van der Waals surface area contributed by atoms with Gasteiger partial charge in [0.15, 0.2) is 0 Å². The van der Waals surface area contributed by atoms with Gasteiger partial charge in [-0.05, 0) is 38.2 Å². The SMILES string of the molecule is C=C/C=C(\C=C/C)/N=C\C=N\C(\C=C/C)=C\C=C. The molecule has 0 heterocycles. The number of hydrogen-bond acceptors (Lipinski definition) is 2. The summed E-state index contributed by atoms with van der Waals surface area (Å²) in [4.78, 5) is 8.49. The first kappa shape index (κ1) is 15.8. The molecular weight excluding hydrogens is 220 g/mol. The molecule has 0 aliphatic carbocycles. The largest absolute Gasteiger partial charge is 0.255 e. The Kier molecular flexibility index (Phi) is 9.88. The van der Waals surface area contributed by atoms with Gasteiger partial charge in [-0.3, -0.25) is 9.98 Å². The molecule has 0 aromatic heterocycles. The summed E-state index contributed by atoms with van der Waals surface area (Å²) in [6.45, 7) is 11.2. The zero-order valence-corrected chi connectivity index (χ0v) is 11.1. The molecule has 0 saturated carbocycles. The molecule has 0 unspecified atom stereocenters. The molecule has 0 rings (SSSR count). The molecule has 0 aromatic rings. The molecule has 0 aliphatic rings. The van der Waals surface area contributed by atoms with Crippen LogP contribution in [0.4, 0.5) is 0 Å². The Morgan fingerprint density at radius 1 is 0.778 bits per heavy atom. The van der Waals surface area contributed by atoms with Gasteiger partial charge in [-0.1, -0.05) is 37.5 Å². The minimum atomic E-state index is 0.833. The minimum Gasteiger partial charge on any atom is -0.255 e. The Bertz CT molecular complexity index is 388. The van der Waals surface area contributed by atoms with Crippen molar-refractivity contribution in [2.24, 2.45) is 9.98 Å². The maximum atomic E-state index is 4.25. The van der Waals surface area contributed by atoms with Gasteiger partial charge in [-0.25, -0.2) is 0 Å². The highest BCUT2D eigenvalue weighted by Gasteiger charge is 1.84. The van der Waals surface area contributed by atoms with E-state index in [2.05, 4.69) is 23.1 Å². The van der Waals surface area contributed by atoms with E-state index >= 15 is 0 Å². The normalized spacial score (nSPS) is 14.3. The topological polar surface area (TPSA) is 24.7 Å². The van der Waals surface area contributed by atoms with E-state index in [0.29, 0.717) is 0 Å². The maximum Gasteiger partial charge on any atom is 0.0626 e. The predicted octanol–water partition coefficient (Wildman–Crippen LogP) is 4.42. The van der Waals surface area contributed by atoms with Gasteiger partial charge in [0, 0.05) is 12.4 Å². The maximum absolute atomic E-state index is 4.25. The van der Waals surface area contributed by atoms with Gasteiger partial charge in [-0.15, -0.1) is 0 Å². The minimum absolute atomic E-state index is 0.833. The van der Waals surface area contributed by atoms with Crippen LogP contribution in [0.1, 0.15) is 13.8 Å². The first-order chi connectivity index (χ1) is 8.78. The van der Waals surface area contributed by atoms with Crippen LogP contribution in [-0.2, 0) is 0 Å². The highest BCUT2D eigenvalue weighted by atomic mass is 14.8. The van der Waals surface area contributed by atoms with Gasteiger partial charge >= 0.3 is 0 Å². The molecule has 0 aliphatic heterocycles. The van der Waals surface area contributed by atoms with Crippen molar-refractivity contribution in [3.63, 3.8) is 0 Å². The third-order valence-electron chi connectivity index (χ3n) is 1.77. The van der Waals surface area contributed by atoms with E-state index in [1.54, 1.807) is 24.6 Å². The van der Waals surface area contributed by atoms with E-state index in [4.69, 9.17) is 0 Å². The second kappa shape index (κ2) is 11.3. The Morgan fingerprint density at radius 3 is 1.44 bits per heavy atom. The monoisotopic (exact) mass is 240 g/mol. The number of aliphatic imine (C=N–C) groups is 2. The molecule has 94 valence electrons. The third-order valence-corrected chi connectivity index (χ3v) is 1.77. The quantitative estimate of drug-likeness (QED) is 0.465. The van der Waals surface area contributed by atoms with Crippen LogP contribution in [0.2, 0.25) is 0 Å². The lowest BCUT2D eigenvalue weighted by Gasteiger charge is -1.91. The second-order valence-electron chi connectivity index (χ2n) is 3.21. The first-order valence-electron chi connectivity index (χ1n) is 5.76. The molecule has 0 radical (unpaired) electrons.